The second kappa shape index (κ2) is 11.0. The largest absolute Gasteiger partial charge is 0.369 e. The molecule has 3 aromatic carbocycles. The van der Waals surface area contributed by atoms with Crippen molar-refractivity contribution in [2.45, 2.75) is 6.04 Å². The minimum absolute atomic E-state index is 0.336. The summed E-state index contributed by atoms with van der Waals surface area (Å²) in [4.78, 5) is 36.1. The summed E-state index contributed by atoms with van der Waals surface area (Å²) in [5.74, 6) is -0.960. The maximum Gasteiger partial charge on any atom is 0.259 e. The van der Waals surface area contributed by atoms with Crippen LogP contribution in [-0.4, -0.2) is 53.6 Å². The lowest BCUT2D eigenvalue weighted by atomic mass is 10.0. The van der Waals surface area contributed by atoms with E-state index in [1.165, 1.54) is 39.8 Å². The van der Waals surface area contributed by atoms with Crippen LogP contribution in [0.3, 0.4) is 0 Å². The lowest BCUT2D eigenvalue weighted by molar-refractivity contribution is -0.118. The molecule has 6 rings (SSSR count). The monoisotopic (exact) mass is 553 g/mol. The number of pyridine rings is 1. The number of carbonyl (C=O) groups is 1. The van der Waals surface area contributed by atoms with Gasteiger partial charge in [-0.15, -0.1) is 11.3 Å². The number of piperazine rings is 1. The number of hydrogen-bond donors (Lipinski definition) is 1. The molecule has 9 heteroatoms. The molecule has 0 spiro atoms. The number of hydrogen-bond acceptors (Lipinski definition) is 6. The van der Waals surface area contributed by atoms with E-state index >= 15 is 0 Å². The van der Waals surface area contributed by atoms with Gasteiger partial charge < -0.3 is 9.80 Å². The Morgan fingerprint density at radius 3 is 2.48 bits per heavy atom. The summed E-state index contributed by atoms with van der Waals surface area (Å²) >= 11 is 1.27. The normalized spacial score (nSPS) is 14.8. The van der Waals surface area contributed by atoms with Crippen LogP contribution in [0.15, 0.2) is 95.4 Å². The molecule has 1 aliphatic heterocycles. The van der Waals surface area contributed by atoms with Gasteiger partial charge in [-0.25, -0.2) is 9.37 Å². The third-order valence-electron chi connectivity index (χ3n) is 7.36. The molecular weight excluding hydrogens is 525 g/mol. The first-order valence-corrected chi connectivity index (χ1v) is 14.0. The van der Waals surface area contributed by atoms with Crippen LogP contribution < -0.4 is 15.8 Å². The Hall–Kier alpha value is -4.34. The fraction of sp³-hybridized carbons (Fsp3) is 0.194. The SMILES string of the molecule is CN1CCN(c2ccc(-c3ccc4ccn(C(C(=O)Nc5nccs5)c5cccc(F)c5)c(=O)c4c3)cc2)CC1. The highest BCUT2D eigenvalue weighted by Gasteiger charge is 2.25. The maximum atomic E-state index is 14.2. The molecule has 5 aromatic rings. The standard InChI is InChI=1S/C31H28FN5O2S/c1-35-14-16-36(17-15-35)26-9-7-21(8-10-26)23-6-5-22-11-13-37(30(39)27(22)20-23)28(24-3-2-4-25(32)19-24)29(38)34-31-33-12-18-40-31/h2-13,18-20,28H,14-17H2,1H3,(H,33,34,38). The number of fused-ring (bicyclic) bond motifs is 1. The molecule has 1 unspecified atom stereocenters. The van der Waals surface area contributed by atoms with E-state index in [1.807, 2.05) is 18.2 Å². The van der Waals surface area contributed by atoms with E-state index in [4.69, 9.17) is 0 Å². The Balaban J connectivity index is 1.37. The lowest BCUT2D eigenvalue weighted by Crippen LogP contribution is -2.44. The van der Waals surface area contributed by atoms with Crippen molar-refractivity contribution in [3.8, 4) is 11.1 Å². The van der Waals surface area contributed by atoms with E-state index in [2.05, 4.69) is 51.4 Å². The summed E-state index contributed by atoms with van der Waals surface area (Å²) in [7, 11) is 2.14. The topological polar surface area (TPSA) is 70.5 Å². The minimum atomic E-state index is -1.08. The Labute approximate surface area is 235 Å². The molecule has 1 N–H and O–H groups in total. The molecule has 1 fully saturated rings. The van der Waals surface area contributed by atoms with Crippen LogP contribution in [0, 0.1) is 5.82 Å². The summed E-state index contributed by atoms with van der Waals surface area (Å²) in [5.41, 5.74) is 3.12. The van der Waals surface area contributed by atoms with Gasteiger partial charge >= 0.3 is 0 Å². The predicted octanol–water partition coefficient (Wildman–Crippen LogP) is 5.24. The van der Waals surface area contributed by atoms with Crippen molar-refractivity contribution in [2.24, 2.45) is 0 Å². The van der Waals surface area contributed by atoms with Crippen molar-refractivity contribution < 1.29 is 9.18 Å². The van der Waals surface area contributed by atoms with Gasteiger partial charge in [-0.1, -0.05) is 36.4 Å². The number of aromatic nitrogens is 2. The zero-order chi connectivity index (χ0) is 27.6. The van der Waals surface area contributed by atoms with Gasteiger partial charge in [0.15, 0.2) is 5.13 Å². The number of carbonyl (C=O) groups excluding carboxylic acids is 1. The molecule has 0 saturated carbocycles. The number of benzene rings is 3. The minimum Gasteiger partial charge on any atom is -0.369 e. The van der Waals surface area contributed by atoms with Crippen LogP contribution in [0.1, 0.15) is 11.6 Å². The molecule has 2 aromatic heterocycles. The van der Waals surface area contributed by atoms with E-state index in [0.29, 0.717) is 16.1 Å². The molecule has 0 bridgehead atoms. The zero-order valence-corrected chi connectivity index (χ0v) is 22.8. The molecular formula is C31H28FN5O2S. The summed E-state index contributed by atoms with van der Waals surface area (Å²) in [6, 6.07) is 20.7. The fourth-order valence-electron chi connectivity index (χ4n) is 5.14. The second-order valence-electron chi connectivity index (χ2n) is 9.95. The van der Waals surface area contributed by atoms with E-state index < -0.39 is 17.8 Å². The first kappa shape index (κ1) is 25.9. The Kier molecular flexibility index (Phi) is 7.15. The van der Waals surface area contributed by atoms with E-state index in [1.54, 1.807) is 29.9 Å². The molecule has 0 radical (unpaired) electrons. The van der Waals surface area contributed by atoms with Gasteiger partial charge in [-0.2, -0.15) is 0 Å². The van der Waals surface area contributed by atoms with Crippen molar-refractivity contribution in [3.05, 3.63) is 112 Å². The fourth-order valence-corrected chi connectivity index (χ4v) is 5.67. The predicted molar refractivity (Wildman–Crippen MR) is 159 cm³/mol. The highest BCUT2D eigenvalue weighted by Crippen LogP contribution is 2.27. The summed E-state index contributed by atoms with van der Waals surface area (Å²) in [6.07, 6.45) is 3.17. The maximum absolute atomic E-state index is 14.2. The van der Waals surface area contributed by atoms with E-state index in [0.717, 1.165) is 42.7 Å². The van der Waals surface area contributed by atoms with Gasteiger partial charge in [0.2, 0.25) is 0 Å². The Morgan fingerprint density at radius 2 is 1.75 bits per heavy atom. The number of anilines is 2. The van der Waals surface area contributed by atoms with Crippen LogP contribution in [0.25, 0.3) is 21.9 Å². The average Bonchev–Trinajstić information content (AvgIpc) is 3.48. The van der Waals surface area contributed by atoms with Crippen molar-refractivity contribution in [2.75, 3.05) is 43.4 Å². The summed E-state index contributed by atoms with van der Waals surface area (Å²) in [6.45, 7) is 4.07. The highest BCUT2D eigenvalue weighted by atomic mass is 32.1. The highest BCUT2D eigenvalue weighted by molar-refractivity contribution is 7.13. The molecule has 40 heavy (non-hydrogen) atoms. The number of halogens is 1. The van der Waals surface area contributed by atoms with Crippen LogP contribution in [0.2, 0.25) is 0 Å². The van der Waals surface area contributed by atoms with Crippen molar-refractivity contribution in [1.29, 1.82) is 0 Å². The third kappa shape index (κ3) is 5.25. The first-order valence-electron chi connectivity index (χ1n) is 13.1. The number of rotatable bonds is 6. The van der Waals surface area contributed by atoms with Crippen molar-refractivity contribution >= 4 is 38.8 Å². The number of amides is 1. The third-order valence-corrected chi connectivity index (χ3v) is 8.04. The summed E-state index contributed by atoms with van der Waals surface area (Å²) in [5, 5.41) is 6.15. The van der Waals surface area contributed by atoms with Crippen LogP contribution in [0.4, 0.5) is 15.2 Å². The second-order valence-corrected chi connectivity index (χ2v) is 10.8. The quantitative estimate of drug-likeness (QED) is 0.311. The number of nitrogens with zero attached hydrogens (tertiary/aromatic N) is 4. The number of likely N-dealkylation sites (N-methyl/N-ethyl adjacent to an activating group) is 1. The molecule has 202 valence electrons. The molecule has 1 saturated heterocycles. The van der Waals surface area contributed by atoms with Crippen molar-refractivity contribution in [1.82, 2.24) is 14.5 Å². The van der Waals surface area contributed by atoms with Gasteiger partial charge in [0.25, 0.3) is 11.5 Å². The number of nitrogens with one attached hydrogen (secondary N) is 1. The molecule has 1 amide bonds. The number of thiazole rings is 1. The average molecular weight is 554 g/mol. The van der Waals surface area contributed by atoms with E-state index in [9.17, 15) is 14.0 Å². The lowest BCUT2D eigenvalue weighted by Gasteiger charge is -2.34. The molecule has 7 nitrogen and oxygen atoms in total. The smallest absolute Gasteiger partial charge is 0.259 e. The van der Waals surface area contributed by atoms with Gasteiger partial charge in [-0.3, -0.25) is 19.5 Å². The van der Waals surface area contributed by atoms with Gasteiger partial charge in [0.05, 0.1) is 0 Å². The molecule has 0 aliphatic carbocycles. The van der Waals surface area contributed by atoms with Crippen LogP contribution >= 0.6 is 11.3 Å². The Bertz CT molecular complexity index is 1710. The van der Waals surface area contributed by atoms with Gasteiger partial charge in [0.1, 0.15) is 11.9 Å². The molecule has 1 aliphatic rings. The van der Waals surface area contributed by atoms with Crippen molar-refractivity contribution in [3.63, 3.8) is 0 Å². The van der Waals surface area contributed by atoms with Gasteiger partial charge in [-0.05, 0) is 65.5 Å². The zero-order valence-electron chi connectivity index (χ0n) is 22.0. The molecule has 1 atom stereocenters. The van der Waals surface area contributed by atoms with Gasteiger partial charge in [0, 0.05) is 55.0 Å². The summed E-state index contributed by atoms with van der Waals surface area (Å²) < 4.78 is 15.6. The first-order chi connectivity index (χ1) is 19.5. The Morgan fingerprint density at radius 1 is 0.975 bits per heavy atom. The molecule has 3 heterocycles. The van der Waals surface area contributed by atoms with Crippen LogP contribution in [0.5, 0.6) is 0 Å². The van der Waals surface area contributed by atoms with Crippen LogP contribution in [-0.2, 0) is 4.79 Å². The van der Waals surface area contributed by atoms with E-state index in [-0.39, 0.29) is 5.56 Å².